The molecule has 1 fully saturated rings. The van der Waals surface area contributed by atoms with Gasteiger partial charge in [0.2, 0.25) is 0 Å². The second kappa shape index (κ2) is 4.33. The maximum Gasteiger partial charge on any atom is 0.0898 e. The zero-order valence-electron chi connectivity index (χ0n) is 9.15. The van der Waals surface area contributed by atoms with Crippen molar-refractivity contribution in [1.29, 1.82) is 0 Å². The largest absolute Gasteiger partial charge is 0.385 e. The van der Waals surface area contributed by atoms with Gasteiger partial charge in [-0.2, -0.15) is 0 Å². The van der Waals surface area contributed by atoms with Gasteiger partial charge in [0.05, 0.1) is 11.7 Å². The first-order valence-electron chi connectivity index (χ1n) is 5.55. The average Bonchev–Trinajstić information content (AvgIpc) is 2.31. The molecule has 0 aliphatic heterocycles. The Morgan fingerprint density at radius 3 is 2.33 bits per heavy atom. The Bertz CT molecular complexity index is 300. The van der Waals surface area contributed by atoms with Crippen molar-refractivity contribution in [2.45, 2.75) is 37.4 Å². The number of methoxy groups -OCH3 is 1. The van der Waals surface area contributed by atoms with E-state index >= 15 is 0 Å². The molecule has 0 bridgehead atoms. The molecule has 0 radical (unpaired) electrons. The van der Waals surface area contributed by atoms with Crippen LogP contribution in [0.25, 0.3) is 0 Å². The molecule has 2 nitrogen and oxygen atoms in total. The van der Waals surface area contributed by atoms with Crippen molar-refractivity contribution in [1.82, 2.24) is 0 Å². The van der Waals surface area contributed by atoms with Gasteiger partial charge in [-0.25, -0.2) is 0 Å². The van der Waals surface area contributed by atoms with Crippen LogP contribution < -0.4 is 0 Å². The van der Waals surface area contributed by atoms with E-state index in [4.69, 9.17) is 4.74 Å². The lowest BCUT2D eigenvalue weighted by molar-refractivity contribution is -0.0474. The molecule has 0 saturated heterocycles. The molecule has 0 aromatic heterocycles. The second-order valence-electron chi connectivity index (χ2n) is 4.33. The molecule has 1 saturated carbocycles. The van der Waals surface area contributed by atoms with E-state index in [1.165, 1.54) is 0 Å². The molecule has 1 aromatic rings. The SMILES string of the molecule is COC1CCC(O)(c2ccccc2)CC1. The first-order valence-corrected chi connectivity index (χ1v) is 5.55. The van der Waals surface area contributed by atoms with Crippen molar-refractivity contribution in [3.63, 3.8) is 0 Å². The highest BCUT2D eigenvalue weighted by Crippen LogP contribution is 2.37. The minimum atomic E-state index is -0.629. The molecular formula is C13H18O2. The average molecular weight is 206 g/mol. The highest BCUT2D eigenvalue weighted by Gasteiger charge is 2.34. The van der Waals surface area contributed by atoms with E-state index < -0.39 is 5.60 Å². The van der Waals surface area contributed by atoms with Crippen molar-refractivity contribution in [2.24, 2.45) is 0 Å². The lowest BCUT2D eigenvalue weighted by atomic mass is 9.78. The maximum absolute atomic E-state index is 10.5. The number of rotatable bonds is 2. The van der Waals surface area contributed by atoms with Gasteiger partial charge in [-0.1, -0.05) is 30.3 Å². The van der Waals surface area contributed by atoms with Crippen molar-refractivity contribution in [2.75, 3.05) is 7.11 Å². The zero-order valence-corrected chi connectivity index (χ0v) is 9.15. The van der Waals surface area contributed by atoms with E-state index in [0.29, 0.717) is 6.10 Å². The van der Waals surface area contributed by atoms with Crippen LogP contribution in [0.15, 0.2) is 30.3 Å². The van der Waals surface area contributed by atoms with Gasteiger partial charge in [-0.15, -0.1) is 0 Å². The highest BCUT2D eigenvalue weighted by molar-refractivity contribution is 5.22. The molecule has 1 aliphatic carbocycles. The number of aliphatic hydroxyl groups is 1. The lowest BCUT2D eigenvalue weighted by Gasteiger charge is -2.35. The van der Waals surface area contributed by atoms with Crippen LogP contribution >= 0.6 is 0 Å². The third kappa shape index (κ3) is 2.21. The standard InChI is InChI=1S/C13H18O2/c1-15-12-7-9-13(14,10-8-12)11-5-3-2-4-6-11/h2-6,12,14H,7-10H2,1H3. The predicted octanol–water partition coefficient (Wildman–Crippen LogP) is 2.46. The molecule has 2 rings (SSSR count). The molecule has 0 unspecified atom stereocenters. The molecule has 0 heterocycles. The molecule has 1 aliphatic rings. The molecule has 15 heavy (non-hydrogen) atoms. The van der Waals surface area contributed by atoms with Gasteiger partial charge in [0, 0.05) is 7.11 Å². The Morgan fingerprint density at radius 1 is 1.20 bits per heavy atom. The van der Waals surface area contributed by atoms with E-state index in [1.54, 1.807) is 7.11 Å². The van der Waals surface area contributed by atoms with Crippen LogP contribution in [0.3, 0.4) is 0 Å². The minimum Gasteiger partial charge on any atom is -0.385 e. The van der Waals surface area contributed by atoms with Gasteiger partial charge in [0.1, 0.15) is 0 Å². The van der Waals surface area contributed by atoms with Crippen molar-refractivity contribution in [3.05, 3.63) is 35.9 Å². The summed E-state index contributed by atoms with van der Waals surface area (Å²) in [6.07, 6.45) is 3.82. The van der Waals surface area contributed by atoms with Crippen LogP contribution in [0.5, 0.6) is 0 Å². The Labute approximate surface area is 90.9 Å². The number of hydrogen-bond acceptors (Lipinski definition) is 2. The third-order valence-corrected chi connectivity index (χ3v) is 3.40. The van der Waals surface area contributed by atoms with Gasteiger partial charge < -0.3 is 9.84 Å². The summed E-state index contributed by atoms with van der Waals surface area (Å²) in [5.41, 5.74) is 0.413. The summed E-state index contributed by atoms with van der Waals surface area (Å²) in [7, 11) is 1.75. The normalized spacial score (nSPS) is 31.5. The number of benzene rings is 1. The van der Waals surface area contributed by atoms with Crippen LogP contribution in [-0.4, -0.2) is 18.3 Å². The van der Waals surface area contributed by atoms with Gasteiger partial charge in [-0.3, -0.25) is 0 Å². The van der Waals surface area contributed by atoms with Gasteiger partial charge >= 0.3 is 0 Å². The first-order chi connectivity index (χ1) is 7.24. The fraction of sp³-hybridized carbons (Fsp3) is 0.538. The van der Waals surface area contributed by atoms with E-state index in [9.17, 15) is 5.11 Å². The van der Waals surface area contributed by atoms with Gasteiger partial charge in [0.15, 0.2) is 0 Å². The highest BCUT2D eigenvalue weighted by atomic mass is 16.5. The van der Waals surface area contributed by atoms with Crippen LogP contribution in [0, 0.1) is 0 Å². The molecule has 0 spiro atoms. The van der Waals surface area contributed by atoms with Crippen molar-refractivity contribution >= 4 is 0 Å². The Morgan fingerprint density at radius 2 is 1.80 bits per heavy atom. The molecule has 2 heteroatoms. The topological polar surface area (TPSA) is 29.5 Å². The van der Waals surface area contributed by atoms with Crippen LogP contribution in [0.4, 0.5) is 0 Å². The summed E-state index contributed by atoms with van der Waals surface area (Å²) in [4.78, 5) is 0. The fourth-order valence-electron chi connectivity index (χ4n) is 2.34. The molecule has 82 valence electrons. The quantitative estimate of drug-likeness (QED) is 0.805. The minimum absolute atomic E-state index is 0.328. The van der Waals surface area contributed by atoms with Crippen molar-refractivity contribution in [3.8, 4) is 0 Å². The second-order valence-corrected chi connectivity index (χ2v) is 4.33. The Hall–Kier alpha value is -0.860. The van der Waals surface area contributed by atoms with E-state index in [-0.39, 0.29) is 0 Å². The molecular weight excluding hydrogens is 188 g/mol. The summed E-state index contributed by atoms with van der Waals surface area (Å²) >= 11 is 0. The summed E-state index contributed by atoms with van der Waals surface area (Å²) < 4.78 is 5.31. The number of ether oxygens (including phenoxy) is 1. The number of hydrogen-bond donors (Lipinski definition) is 1. The summed E-state index contributed by atoms with van der Waals surface area (Å²) in [6.45, 7) is 0. The zero-order chi connectivity index (χ0) is 10.7. The smallest absolute Gasteiger partial charge is 0.0898 e. The summed E-state index contributed by atoms with van der Waals surface area (Å²) in [5.74, 6) is 0. The first kappa shape index (κ1) is 10.7. The molecule has 1 N–H and O–H groups in total. The monoisotopic (exact) mass is 206 g/mol. The van der Waals surface area contributed by atoms with Gasteiger partial charge in [0.25, 0.3) is 0 Å². The van der Waals surface area contributed by atoms with E-state index in [0.717, 1.165) is 31.2 Å². The van der Waals surface area contributed by atoms with Crippen LogP contribution in [0.1, 0.15) is 31.2 Å². The van der Waals surface area contributed by atoms with Gasteiger partial charge in [-0.05, 0) is 31.2 Å². The molecule has 0 atom stereocenters. The Balaban J connectivity index is 2.10. The fourth-order valence-corrected chi connectivity index (χ4v) is 2.34. The summed E-state index contributed by atoms with van der Waals surface area (Å²) in [5, 5.41) is 10.5. The molecule has 1 aromatic carbocycles. The van der Waals surface area contributed by atoms with E-state index in [2.05, 4.69) is 0 Å². The third-order valence-electron chi connectivity index (χ3n) is 3.40. The summed E-state index contributed by atoms with van der Waals surface area (Å²) in [6, 6.07) is 9.96. The van der Waals surface area contributed by atoms with Crippen LogP contribution in [-0.2, 0) is 10.3 Å². The maximum atomic E-state index is 10.5. The molecule has 0 amide bonds. The Kier molecular flexibility index (Phi) is 3.08. The predicted molar refractivity (Wildman–Crippen MR) is 59.6 cm³/mol. The van der Waals surface area contributed by atoms with E-state index in [1.807, 2.05) is 30.3 Å². The lowest BCUT2D eigenvalue weighted by Crippen LogP contribution is -2.33. The van der Waals surface area contributed by atoms with Crippen LogP contribution in [0.2, 0.25) is 0 Å². The van der Waals surface area contributed by atoms with Crippen molar-refractivity contribution < 1.29 is 9.84 Å².